The molecule has 0 aliphatic heterocycles. The molecule has 0 fully saturated rings. The van der Waals surface area contributed by atoms with Crippen molar-refractivity contribution in [1.29, 1.82) is 0 Å². The number of carboxylic acid groups (broad SMARTS) is 1. The second-order valence-electron chi connectivity index (χ2n) is 10.6. The van der Waals surface area contributed by atoms with Crippen molar-refractivity contribution in [2.75, 3.05) is 13.2 Å². The van der Waals surface area contributed by atoms with E-state index in [1.165, 1.54) is 12.1 Å². The first-order chi connectivity index (χ1) is 20.2. The molecule has 1 aromatic carbocycles. The minimum Gasteiger partial charge on any atom is -0.508 e. The number of nitrogens with two attached hydrogens (primary N) is 2. The summed E-state index contributed by atoms with van der Waals surface area (Å²) in [5, 5.41) is 38.6. The molecule has 1 rings (SSSR count). The number of aliphatic hydroxyl groups is 1. The van der Waals surface area contributed by atoms with Crippen molar-refractivity contribution in [3.8, 4) is 5.75 Å². The number of nitrogens with zero attached hydrogens (tertiary/aromatic N) is 1. The second-order valence-corrected chi connectivity index (χ2v) is 10.6. The van der Waals surface area contributed by atoms with Crippen molar-refractivity contribution >= 4 is 35.6 Å². The van der Waals surface area contributed by atoms with Crippen LogP contribution in [0.2, 0.25) is 0 Å². The van der Waals surface area contributed by atoms with Gasteiger partial charge < -0.3 is 48.1 Å². The van der Waals surface area contributed by atoms with Crippen LogP contribution in [0.15, 0.2) is 29.3 Å². The van der Waals surface area contributed by atoms with Crippen LogP contribution < -0.4 is 32.7 Å². The first-order valence-electron chi connectivity index (χ1n) is 14.1. The maximum Gasteiger partial charge on any atom is 0.326 e. The van der Waals surface area contributed by atoms with Gasteiger partial charge in [0.25, 0.3) is 0 Å². The number of aliphatic imine (C=N–C) groups is 1. The number of rotatable bonds is 18. The van der Waals surface area contributed by atoms with Gasteiger partial charge in [-0.1, -0.05) is 46.2 Å². The van der Waals surface area contributed by atoms with Gasteiger partial charge in [-0.05, 0) is 42.4 Å². The maximum atomic E-state index is 13.5. The number of carbonyl (C=O) groups is 5. The van der Waals surface area contributed by atoms with Crippen molar-refractivity contribution in [2.24, 2.45) is 28.3 Å². The molecule has 0 saturated heterocycles. The van der Waals surface area contributed by atoms with Gasteiger partial charge in [-0.2, -0.15) is 0 Å². The fourth-order valence-electron chi connectivity index (χ4n) is 4.08. The molecule has 4 amide bonds. The highest BCUT2D eigenvalue weighted by Gasteiger charge is 2.33. The first-order valence-corrected chi connectivity index (χ1v) is 14.1. The lowest BCUT2D eigenvalue weighted by Gasteiger charge is -2.28. The molecule has 0 radical (unpaired) electrons. The van der Waals surface area contributed by atoms with Crippen LogP contribution in [-0.4, -0.2) is 88.2 Å². The highest BCUT2D eigenvalue weighted by atomic mass is 16.4. The monoisotopic (exact) mass is 607 g/mol. The van der Waals surface area contributed by atoms with E-state index in [0.29, 0.717) is 18.4 Å². The number of nitrogens with one attached hydrogen (secondary N) is 4. The number of aromatic hydroxyl groups is 1. The normalized spacial score (nSPS) is 14.4. The van der Waals surface area contributed by atoms with Gasteiger partial charge in [-0.25, -0.2) is 4.79 Å². The molecule has 0 saturated carbocycles. The van der Waals surface area contributed by atoms with Gasteiger partial charge >= 0.3 is 5.97 Å². The molecule has 1 aromatic rings. The predicted molar refractivity (Wildman–Crippen MR) is 158 cm³/mol. The number of hydrogen-bond acceptors (Lipinski definition) is 8. The second kappa shape index (κ2) is 18.2. The third-order valence-corrected chi connectivity index (χ3v) is 6.77. The molecule has 0 heterocycles. The van der Waals surface area contributed by atoms with E-state index < -0.39 is 72.2 Å². The number of amides is 4. The van der Waals surface area contributed by atoms with E-state index in [0.717, 1.165) is 0 Å². The Morgan fingerprint density at radius 3 is 1.95 bits per heavy atom. The van der Waals surface area contributed by atoms with Crippen LogP contribution in [0.3, 0.4) is 0 Å². The van der Waals surface area contributed by atoms with E-state index in [2.05, 4.69) is 26.3 Å². The molecule has 0 spiro atoms. The van der Waals surface area contributed by atoms with Gasteiger partial charge in [-0.3, -0.25) is 24.2 Å². The van der Waals surface area contributed by atoms with Crippen molar-refractivity contribution in [3.63, 3.8) is 0 Å². The van der Waals surface area contributed by atoms with Gasteiger partial charge in [-0.15, -0.1) is 0 Å². The average molecular weight is 608 g/mol. The summed E-state index contributed by atoms with van der Waals surface area (Å²) in [6.07, 6.45) is 0.839. The zero-order valence-electron chi connectivity index (χ0n) is 25.0. The van der Waals surface area contributed by atoms with Gasteiger partial charge in [0.2, 0.25) is 23.6 Å². The molecule has 11 N–H and O–H groups in total. The highest BCUT2D eigenvalue weighted by Crippen LogP contribution is 2.14. The number of phenolic OH excluding ortho intramolecular Hbond substituents is 1. The Hall–Kier alpha value is -4.40. The van der Waals surface area contributed by atoms with E-state index >= 15 is 0 Å². The predicted octanol–water partition coefficient (Wildman–Crippen LogP) is -1.29. The fraction of sp³-hybridized carbons (Fsp3) is 0.571. The molecule has 0 unspecified atom stereocenters. The highest BCUT2D eigenvalue weighted by molar-refractivity contribution is 5.95. The molecular weight excluding hydrogens is 562 g/mol. The lowest BCUT2D eigenvalue weighted by atomic mass is 9.97. The lowest BCUT2D eigenvalue weighted by Crippen LogP contribution is -2.60. The average Bonchev–Trinajstić information content (AvgIpc) is 2.95. The summed E-state index contributed by atoms with van der Waals surface area (Å²) in [4.78, 5) is 67.5. The molecule has 15 heteroatoms. The van der Waals surface area contributed by atoms with Crippen LogP contribution in [0.5, 0.6) is 5.75 Å². The van der Waals surface area contributed by atoms with Crippen molar-refractivity contribution in [2.45, 2.75) is 77.5 Å². The van der Waals surface area contributed by atoms with E-state index in [1.807, 2.05) is 0 Å². The van der Waals surface area contributed by atoms with Crippen LogP contribution in [0, 0.1) is 11.8 Å². The van der Waals surface area contributed by atoms with Crippen molar-refractivity contribution in [3.05, 3.63) is 29.8 Å². The van der Waals surface area contributed by atoms with Crippen molar-refractivity contribution in [1.82, 2.24) is 21.3 Å². The molecule has 240 valence electrons. The Bertz CT molecular complexity index is 1120. The van der Waals surface area contributed by atoms with Gasteiger partial charge in [0.15, 0.2) is 5.96 Å². The number of carbonyl (C=O) groups excluding carboxylic acids is 4. The molecule has 0 aliphatic rings. The lowest BCUT2D eigenvalue weighted by molar-refractivity contribution is -0.143. The van der Waals surface area contributed by atoms with Crippen molar-refractivity contribution < 1.29 is 39.3 Å². The quantitative estimate of drug-likeness (QED) is 0.0541. The topological polar surface area (TPSA) is 259 Å². The van der Waals surface area contributed by atoms with Gasteiger partial charge in [0.1, 0.15) is 36.5 Å². The van der Waals surface area contributed by atoms with Gasteiger partial charge in [0.05, 0.1) is 0 Å². The fourth-order valence-corrected chi connectivity index (χ4v) is 4.08. The number of carboxylic acids is 1. The third-order valence-electron chi connectivity index (χ3n) is 6.77. The first kappa shape index (κ1) is 36.6. The molecule has 15 nitrogen and oxygen atoms in total. The van der Waals surface area contributed by atoms with E-state index in [4.69, 9.17) is 16.6 Å². The summed E-state index contributed by atoms with van der Waals surface area (Å²) in [7, 11) is 0. The van der Waals surface area contributed by atoms with Crippen LogP contribution >= 0.6 is 0 Å². The Labute approximate surface area is 250 Å². The molecular formula is C28H45N7O8. The molecule has 0 bridgehead atoms. The number of hydrogen-bond donors (Lipinski definition) is 9. The largest absolute Gasteiger partial charge is 0.508 e. The molecule has 0 aliphatic carbocycles. The summed E-state index contributed by atoms with van der Waals surface area (Å²) < 4.78 is 0. The van der Waals surface area contributed by atoms with Crippen LogP contribution in [0.4, 0.5) is 0 Å². The molecule has 0 aromatic heterocycles. The number of benzene rings is 1. The zero-order chi connectivity index (χ0) is 32.7. The minimum atomic E-state index is -1.23. The summed E-state index contributed by atoms with van der Waals surface area (Å²) in [5.74, 6) is -5.19. The maximum absolute atomic E-state index is 13.5. The van der Waals surface area contributed by atoms with Gasteiger partial charge in [0, 0.05) is 13.0 Å². The summed E-state index contributed by atoms with van der Waals surface area (Å²) in [6.45, 7) is 6.13. The number of guanidine groups is 1. The van der Waals surface area contributed by atoms with Crippen LogP contribution in [0.1, 0.15) is 52.5 Å². The standard InChI is InChI=1S/C28H45N7O8/c1-5-16(4)23(27(42)43)35-25(40)20(13-17-8-10-18(37)11-9-17)33-26(41)22(15(2)3)34-24(39)19(32-21(38)14-36)7-6-12-31-28(29)30/h8-11,15-16,19-20,22-23,36-37H,5-7,12-14H2,1-4H3,(H,32,38)(H,33,41)(H,34,39)(H,35,40)(H,42,43)(H4,29,30,31)/t16-,19-,20-,22-,23-/m0/s1. The third kappa shape index (κ3) is 13.0. The minimum absolute atomic E-state index is 0.000208. The molecule has 5 atom stereocenters. The molecule has 43 heavy (non-hydrogen) atoms. The van der Waals surface area contributed by atoms with Crippen LogP contribution in [0.25, 0.3) is 0 Å². The van der Waals surface area contributed by atoms with E-state index in [1.54, 1.807) is 39.8 Å². The zero-order valence-corrected chi connectivity index (χ0v) is 25.0. The van der Waals surface area contributed by atoms with Crippen LogP contribution in [-0.2, 0) is 30.4 Å². The Kier molecular flexibility index (Phi) is 15.5. The summed E-state index contributed by atoms with van der Waals surface area (Å²) in [5.41, 5.74) is 11.2. The Morgan fingerprint density at radius 1 is 0.860 bits per heavy atom. The van der Waals surface area contributed by atoms with E-state index in [9.17, 15) is 34.2 Å². The Morgan fingerprint density at radius 2 is 1.44 bits per heavy atom. The summed E-state index contributed by atoms with van der Waals surface area (Å²) >= 11 is 0. The number of aliphatic hydroxyl groups excluding tert-OH is 1. The SMILES string of the molecule is CC[C@H](C)[C@H](NC(=O)[C@H](Cc1ccc(O)cc1)NC(=O)[C@@H](NC(=O)[C@H](CCCN=C(N)N)NC(=O)CO)C(C)C)C(=O)O. The smallest absolute Gasteiger partial charge is 0.326 e. The van der Waals surface area contributed by atoms with E-state index in [-0.39, 0.29) is 31.1 Å². The number of aliphatic carboxylic acids is 1. The number of phenols is 1. The Balaban J connectivity index is 3.21. The summed E-state index contributed by atoms with van der Waals surface area (Å²) in [6, 6.07) is 1.24.